The zero-order chi connectivity index (χ0) is 12.1. The summed E-state index contributed by atoms with van der Waals surface area (Å²) < 4.78 is 9.78. The van der Waals surface area contributed by atoms with E-state index in [1.165, 1.54) is 13.5 Å². The molecule has 0 N–H and O–H groups in total. The summed E-state index contributed by atoms with van der Waals surface area (Å²) in [5, 5.41) is 0. The Balaban J connectivity index is 2.65. The van der Waals surface area contributed by atoms with Crippen molar-refractivity contribution in [1.82, 2.24) is 9.88 Å². The van der Waals surface area contributed by atoms with E-state index in [1.54, 1.807) is 0 Å². The minimum atomic E-state index is -0.241. The van der Waals surface area contributed by atoms with E-state index in [2.05, 4.69) is 9.72 Å². The van der Waals surface area contributed by atoms with Crippen LogP contribution in [0.4, 0.5) is 0 Å². The van der Waals surface area contributed by atoms with Gasteiger partial charge in [-0.15, -0.1) is 0 Å². The van der Waals surface area contributed by atoms with E-state index in [4.69, 9.17) is 4.42 Å². The molecule has 1 aromatic heterocycles. The maximum Gasteiger partial charge on any atom is 0.319 e. The van der Waals surface area contributed by atoms with Gasteiger partial charge in [0, 0.05) is 12.6 Å². The van der Waals surface area contributed by atoms with Crippen molar-refractivity contribution in [2.24, 2.45) is 0 Å². The summed E-state index contributed by atoms with van der Waals surface area (Å²) in [6.45, 7) is 6.77. The van der Waals surface area contributed by atoms with E-state index < -0.39 is 0 Å². The van der Waals surface area contributed by atoms with Gasteiger partial charge in [-0.2, -0.15) is 0 Å². The largest absolute Gasteiger partial charge is 0.468 e. The predicted molar refractivity (Wildman–Crippen MR) is 58.8 cm³/mol. The van der Waals surface area contributed by atoms with E-state index in [9.17, 15) is 4.79 Å². The highest BCUT2D eigenvalue weighted by Crippen LogP contribution is 2.10. The lowest BCUT2D eigenvalue weighted by atomic mass is 10.2. The van der Waals surface area contributed by atoms with Crippen LogP contribution in [-0.4, -0.2) is 35.5 Å². The molecule has 90 valence electrons. The van der Waals surface area contributed by atoms with Crippen molar-refractivity contribution in [3.63, 3.8) is 0 Å². The van der Waals surface area contributed by atoms with Gasteiger partial charge in [-0.05, 0) is 20.8 Å². The van der Waals surface area contributed by atoms with Gasteiger partial charge in [-0.3, -0.25) is 9.69 Å². The summed E-state index contributed by atoms with van der Waals surface area (Å²) in [5.74, 6) is 0.547. The molecule has 0 aliphatic carbocycles. The number of carbonyl (C=O) groups is 1. The van der Waals surface area contributed by atoms with Crippen molar-refractivity contribution in [2.45, 2.75) is 33.4 Å². The average Bonchev–Trinajstić information content (AvgIpc) is 2.63. The van der Waals surface area contributed by atoms with Crippen LogP contribution < -0.4 is 0 Å². The third kappa shape index (κ3) is 3.34. The van der Waals surface area contributed by atoms with E-state index in [0.717, 1.165) is 11.5 Å². The van der Waals surface area contributed by atoms with Gasteiger partial charge in [0.2, 0.25) is 0 Å². The number of methoxy groups -OCH3 is 1. The topological polar surface area (TPSA) is 55.6 Å². The molecule has 16 heavy (non-hydrogen) atoms. The third-order valence-electron chi connectivity index (χ3n) is 2.49. The number of hydrogen-bond acceptors (Lipinski definition) is 5. The molecule has 0 aliphatic rings. The van der Waals surface area contributed by atoms with Gasteiger partial charge >= 0.3 is 5.97 Å². The number of carbonyl (C=O) groups excluding carboxylic acids is 1. The van der Waals surface area contributed by atoms with Gasteiger partial charge in [-0.1, -0.05) is 0 Å². The first-order valence-corrected chi connectivity index (χ1v) is 5.24. The zero-order valence-corrected chi connectivity index (χ0v) is 10.2. The summed E-state index contributed by atoms with van der Waals surface area (Å²) in [4.78, 5) is 17.3. The number of esters is 1. The van der Waals surface area contributed by atoms with Crippen LogP contribution in [0.15, 0.2) is 10.8 Å². The highest BCUT2D eigenvalue weighted by Gasteiger charge is 2.17. The molecule has 0 spiro atoms. The van der Waals surface area contributed by atoms with Gasteiger partial charge < -0.3 is 9.15 Å². The molecule has 0 amide bonds. The fraction of sp³-hybridized carbons (Fsp3) is 0.636. The fourth-order valence-electron chi connectivity index (χ4n) is 1.32. The quantitative estimate of drug-likeness (QED) is 0.710. The van der Waals surface area contributed by atoms with Crippen molar-refractivity contribution in [2.75, 3.05) is 13.7 Å². The number of oxazole rings is 1. The first-order valence-electron chi connectivity index (χ1n) is 5.24. The van der Waals surface area contributed by atoms with E-state index in [-0.39, 0.29) is 18.6 Å². The maximum atomic E-state index is 11.2. The molecule has 0 bridgehead atoms. The molecular weight excluding hydrogens is 208 g/mol. The zero-order valence-electron chi connectivity index (χ0n) is 10.2. The number of aryl methyl sites for hydroxylation is 1. The Morgan fingerprint density at radius 2 is 2.31 bits per heavy atom. The summed E-state index contributed by atoms with van der Waals surface area (Å²) in [6, 6.07) is 0.246. The van der Waals surface area contributed by atoms with Crippen molar-refractivity contribution in [3.05, 3.63) is 17.8 Å². The maximum absolute atomic E-state index is 11.2. The smallest absolute Gasteiger partial charge is 0.319 e. The molecule has 0 aromatic carbocycles. The molecule has 0 aliphatic heterocycles. The molecule has 0 saturated heterocycles. The lowest BCUT2D eigenvalue weighted by molar-refractivity contribution is -0.142. The molecular formula is C11H18N2O3. The van der Waals surface area contributed by atoms with Crippen molar-refractivity contribution in [3.8, 4) is 0 Å². The van der Waals surface area contributed by atoms with Crippen LogP contribution in [0.3, 0.4) is 0 Å². The second kappa shape index (κ2) is 5.65. The van der Waals surface area contributed by atoms with Crippen molar-refractivity contribution in [1.29, 1.82) is 0 Å². The lowest BCUT2D eigenvalue weighted by Crippen LogP contribution is -2.35. The van der Waals surface area contributed by atoms with Crippen LogP contribution in [0, 0.1) is 6.92 Å². The minimum Gasteiger partial charge on any atom is -0.468 e. The van der Waals surface area contributed by atoms with Crippen LogP contribution >= 0.6 is 0 Å². The lowest BCUT2D eigenvalue weighted by Gasteiger charge is -2.24. The summed E-state index contributed by atoms with van der Waals surface area (Å²) in [5.41, 5.74) is 0.859. The van der Waals surface area contributed by atoms with Crippen LogP contribution in [0.1, 0.15) is 25.3 Å². The Hall–Kier alpha value is -1.36. The SMILES string of the molecule is COC(=O)CN(Cc1ncoc1C)C(C)C. The minimum absolute atomic E-state index is 0.241. The number of aromatic nitrogens is 1. The Morgan fingerprint density at radius 3 is 2.75 bits per heavy atom. The van der Waals surface area contributed by atoms with Crippen molar-refractivity contribution >= 4 is 5.97 Å². The number of ether oxygens (including phenoxy) is 1. The molecule has 0 atom stereocenters. The first kappa shape index (κ1) is 12.7. The second-order valence-corrected chi connectivity index (χ2v) is 3.93. The third-order valence-corrected chi connectivity index (χ3v) is 2.49. The summed E-state index contributed by atoms with van der Waals surface area (Å²) >= 11 is 0. The van der Waals surface area contributed by atoms with Crippen LogP contribution in [-0.2, 0) is 16.1 Å². The van der Waals surface area contributed by atoms with Crippen LogP contribution in [0.25, 0.3) is 0 Å². The number of nitrogens with zero attached hydrogens (tertiary/aromatic N) is 2. The number of rotatable bonds is 5. The Bertz CT molecular complexity index is 347. The Morgan fingerprint density at radius 1 is 1.62 bits per heavy atom. The molecule has 0 saturated carbocycles. The fourth-order valence-corrected chi connectivity index (χ4v) is 1.32. The van der Waals surface area contributed by atoms with E-state index >= 15 is 0 Å². The summed E-state index contributed by atoms with van der Waals surface area (Å²) in [6.07, 6.45) is 1.42. The van der Waals surface area contributed by atoms with Gasteiger partial charge in [0.15, 0.2) is 6.39 Å². The second-order valence-electron chi connectivity index (χ2n) is 3.93. The van der Waals surface area contributed by atoms with Gasteiger partial charge in [0.05, 0.1) is 19.3 Å². The molecule has 5 nitrogen and oxygen atoms in total. The van der Waals surface area contributed by atoms with Crippen LogP contribution in [0.5, 0.6) is 0 Å². The Kier molecular flexibility index (Phi) is 4.49. The standard InChI is InChI=1S/C11H18N2O3/c1-8(2)13(6-11(14)15-4)5-10-9(3)16-7-12-10/h7-8H,5-6H2,1-4H3. The highest BCUT2D eigenvalue weighted by atomic mass is 16.5. The molecule has 1 aromatic rings. The molecule has 0 radical (unpaired) electrons. The molecule has 5 heteroatoms. The molecule has 1 heterocycles. The highest BCUT2D eigenvalue weighted by molar-refractivity contribution is 5.71. The first-order chi connectivity index (χ1) is 7.54. The van der Waals surface area contributed by atoms with E-state index in [1.807, 2.05) is 25.7 Å². The molecule has 0 unspecified atom stereocenters. The van der Waals surface area contributed by atoms with E-state index in [0.29, 0.717) is 6.54 Å². The van der Waals surface area contributed by atoms with Gasteiger partial charge in [0.1, 0.15) is 5.76 Å². The van der Waals surface area contributed by atoms with Crippen LogP contribution in [0.2, 0.25) is 0 Å². The van der Waals surface area contributed by atoms with Gasteiger partial charge in [-0.25, -0.2) is 4.98 Å². The van der Waals surface area contributed by atoms with Gasteiger partial charge in [0.25, 0.3) is 0 Å². The normalized spacial score (nSPS) is 11.1. The van der Waals surface area contributed by atoms with Crippen molar-refractivity contribution < 1.29 is 13.9 Å². The Labute approximate surface area is 95.4 Å². The predicted octanol–water partition coefficient (Wildman–Crippen LogP) is 1.37. The summed E-state index contributed by atoms with van der Waals surface area (Å²) in [7, 11) is 1.39. The molecule has 1 rings (SSSR count). The molecule has 0 fully saturated rings. The number of hydrogen-bond donors (Lipinski definition) is 0. The average molecular weight is 226 g/mol. The monoisotopic (exact) mass is 226 g/mol.